The van der Waals surface area contributed by atoms with Crippen LogP contribution in [-0.4, -0.2) is 36.9 Å². The highest BCUT2D eigenvalue weighted by molar-refractivity contribution is 5.88. The maximum Gasteiger partial charge on any atom is 0.242 e. The molecular weight excluding hydrogens is 234 g/mol. The van der Waals surface area contributed by atoms with Crippen molar-refractivity contribution in [1.82, 2.24) is 16.0 Å². The number of hydrogen-bond acceptors (Lipinski definition) is 3. The van der Waals surface area contributed by atoms with E-state index < -0.39 is 6.04 Å². The Kier molecular flexibility index (Phi) is 4.17. The fourth-order valence-electron chi connectivity index (χ4n) is 1.99. The van der Waals surface area contributed by atoms with Gasteiger partial charge in [-0.1, -0.05) is 0 Å². The molecule has 0 aromatic heterocycles. The smallest absolute Gasteiger partial charge is 0.242 e. The maximum absolute atomic E-state index is 11.7. The molecule has 1 saturated carbocycles. The third-order valence-electron chi connectivity index (χ3n) is 3.22. The Balaban J connectivity index is 1.59. The summed E-state index contributed by atoms with van der Waals surface area (Å²) in [6, 6.07) is -0.412. The zero-order valence-corrected chi connectivity index (χ0v) is 10.3. The van der Waals surface area contributed by atoms with Crippen molar-refractivity contribution in [2.75, 3.05) is 13.1 Å². The van der Waals surface area contributed by atoms with Crippen molar-refractivity contribution in [2.24, 2.45) is 5.92 Å². The molecule has 1 saturated heterocycles. The van der Waals surface area contributed by atoms with Crippen LogP contribution in [0.25, 0.3) is 0 Å². The van der Waals surface area contributed by atoms with E-state index in [2.05, 4.69) is 16.0 Å². The van der Waals surface area contributed by atoms with Crippen molar-refractivity contribution < 1.29 is 14.4 Å². The lowest BCUT2D eigenvalue weighted by Gasteiger charge is -2.22. The molecule has 3 N–H and O–H groups in total. The lowest BCUT2D eigenvalue weighted by atomic mass is 10.0. The van der Waals surface area contributed by atoms with Gasteiger partial charge in [-0.25, -0.2) is 0 Å². The molecule has 1 aliphatic heterocycles. The number of piperidine rings is 1. The molecule has 3 amide bonds. The van der Waals surface area contributed by atoms with Gasteiger partial charge in [-0.3, -0.25) is 14.4 Å². The van der Waals surface area contributed by atoms with Gasteiger partial charge in [-0.15, -0.1) is 0 Å². The Bertz CT molecular complexity index is 352. The lowest BCUT2D eigenvalue weighted by Crippen LogP contribution is -2.50. The molecule has 18 heavy (non-hydrogen) atoms. The molecule has 6 nitrogen and oxygen atoms in total. The third kappa shape index (κ3) is 3.72. The van der Waals surface area contributed by atoms with Crippen LogP contribution in [0, 0.1) is 5.92 Å². The van der Waals surface area contributed by atoms with Gasteiger partial charge >= 0.3 is 0 Å². The summed E-state index contributed by atoms with van der Waals surface area (Å²) in [6.45, 7) is 0.853. The first-order valence-corrected chi connectivity index (χ1v) is 6.51. The first-order valence-electron chi connectivity index (χ1n) is 6.51. The van der Waals surface area contributed by atoms with Crippen molar-refractivity contribution >= 4 is 17.7 Å². The second kappa shape index (κ2) is 5.84. The molecule has 1 aliphatic carbocycles. The SMILES string of the molecule is O=C1CCC[C@H](C(=O)NCCNC(=O)C2CC2)N1. The first-order chi connectivity index (χ1) is 8.66. The van der Waals surface area contributed by atoms with E-state index in [1.165, 1.54) is 0 Å². The third-order valence-corrected chi connectivity index (χ3v) is 3.22. The molecule has 0 spiro atoms. The highest BCUT2D eigenvalue weighted by atomic mass is 16.2. The van der Waals surface area contributed by atoms with Gasteiger partial charge in [-0.2, -0.15) is 0 Å². The van der Waals surface area contributed by atoms with Crippen LogP contribution >= 0.6 is 0 Å². The average molecular weight is 253 g/mol. The lowest BCUT2D eigenvalue weighted by molar-refractivity contribution is -0.131. The van der Waals surface area contributed by atoms with Crippen LogP contribution in [0.15, 0.2) is 0 Å². The highest BCUT2D eigenvalue weighted by Crippen LogP contribution is 2.28. The summed E-state index contributed by atoms with van der Waals surface area (Å²) in [4.78, 5) is 34.1. The molecule has 6 heteroatoms. The number of amides is 3. The number of nitrogens with one attached hydrogen (secondary N) is 3. The Morgan fingerprint density at radius 1 is 1.11 bits per heavy atom. The predicted octanol–water partition coefficient (Wildman–Crippen LogP) is -0.702. The Morgan fingerprint density at radius 3 is 2.39 bits per heavy atom. The van der Waals surface area contributed by atoms with E-state index in [9.17, 15) is 14.4 Å². The van der Waals surface area contributed by atoms with Gasteiger partial charge in [-0.05, 0) is 25.7 Å². The molecule has 0 aromatic rings. The van der Waals surface area contributed by atoms with E-state index >= 15 is 0 Å². The molecule has 1 atom stereocenters. The summed E-state index contributed by atoms with van der Waals surface area (Å²) in [5.74, 6) is 0.0423. The van der Waals surface area contributed by atoms with E-state index in [-0.39, 0.29) is 23.6 Å². The van der Waals surface area contributed by atoms with Crippen molar-refractivity contribution in [1.29, 1.82) is 0 Å². The minimum atomic E-state index is -0.412. The second-order valence-corrected chi connectivity index (χ2v) is 4.87. The van der Waals surface area contributed by atoms with Crippen molar-refractivity contribution in [3.05, 3.63) is 0 Å². The fraction of sp³-hybridized carbons (Fsp3) is 0.750. The largest absolute Gasteiger partial charge is 0.354 e. The molecule has 2 fully saturated rings. The summed E-state index contributed by atoms with van der Waals surface area (Å²) in [6.07, 6.45) is 3.90. The number of carbonyl (C=O) groups excluding carboxylic acids is 3. The van der Waals surface area contributed by atoms with Gasteiger partial charge in [0.1, 0.15) is 6.04 Å². The van der Waals surface area contributed by atoms with Gasteiger partial charge in [0.25, 0.3) is 0 Å². The van der Waals surface area contributed by atoms with Crippen LogP contribution in [0.5, 0.6) is 0 Å². The fourth-order valence-corrected chi connectivity index (χ4v) is 1.99. The van der Waals surface area contributed by atoms with Crippen molar-refractivity contribution in [3.8, 4) is 0 Å². The molecule has 0 radical (unpaired) electrons. The molecule has 2 aliphatic rings. The normalized spacial score (nSPS) is 23.1. The molecule has 0 bridgehead atoms. The molecule has 2 rings (SSSR count). The quantitative estimate of drug-likeness (QED) is 0.566. The van der Waals surface area contributed by atoms with E-state index in [1.54, 1.807) is 0 Å². The molecule has 0 unspecified atom stereocenters. The highest BCUT2D eigenvalue weighted by Gasteiger charge is 2.29. The second-order valence-electron chi connectivity index (χ2n) is 4.87. The van der Waals surface area contributed by atoms with Crippen molar-refractivity contribution in [2.45, 2.75) is 38.1 Å². The molecule has 0 aromatic carbocycles. The number of hydrogen-bond donors (Lipinski definition) is 3. The maximum atomic E-state index is 11.7. The standard InChI is InChI=1S/C12H19N3O3/c16-10-3-1-2-9(15-10)12(18)14-7-6-13-11(17)8-4-5-8/h8-9H,1-7H2,(H,13,17)(H,14,18)(H,15,16)/t9-/m1/s1. The monoisotopic (exact) mass is 253 g/mol. The van der Waals surface area contributed by atoms with E-state index in [0.717, 1.165) is 19.3 Å². The summed E-state index contributed by atoms with van der Waals surface area (Å²) in [5, 5.41) is 8.15. The van der Waals surface area contributed by atoms with Gasteiger partial charge in [0.05, 0.1) is 0 Å². The minimum absolute atomic E-state index is 0.0663. The summed E-state index contributed by atoms with van der Waals surface area (Å²) < 4.78 is 0. The summed E-state index contributed by atoms with van der Waals surface area (Å²) in [5.41, 5.74) is 0. The first kappa shape index (κ1) is 12.9. The van der Waals surface area contributed by atoms with Crippen LogP contribution in [0.3, 0.4) is 0 Å². The van der Waals surface area contributed by atoms with Gasteiger partial charge in [0, 0.05) is 25.4 Å². The number of rotatable bonds is 5. The minimum Gasteiger partial charge on any atom is -0.354 e. The molecule has 1 heterocycles. The Labute approximate surface area is 106 Å². The zero-order valence-electron chi connectivity index (χ0n) is 10.3. The Morgan fingerprint density at radius 2 is 1.78 bits per heavy atom. The Hall–Kier alpha value is -1.59. The number of carbonyl (C=O) groups is 3. The van der Waals surface area contributed by atoms with Gasteiger partial charge in [0.15, 0.2) is 0 Å². The van der Waals surface area contributed by atoms with E-state index in [0.29, 0.717) is 25.9 Å². The molecule has 100 valence electrons. The topological polar surface area (TPSA) is 87.3 Å². The van der Waals surface area contributed by atoms with Crippen LogP contribution in [0.2, 0.25) is 0 Å². The molecular formula is C12H19N3O3. The predicted molar refractivity (Wildman–Crippen MR) is 64.5 cm³/mol. The summed E-state index contributed by atoms with van der Waals surface area (Å²) >= 11 is 0. The van der Waals surface area contributed by atoms with Gasteiger partial charge < -0.3 is 16.0 Å². The van der Waals surface area contributed by atoms with Crippen molar-refractivity contribution in [3.63, 3.8) is 0 Å². The van der Waals surface area contributed by atoms with Crippen LogP contribution in [-0.2, 0) is 14.4 Å². The van der Waals surface area contributed by atoms with Crippen LogP contribution in [0.4, 0.5) is 0 Å². The average Bonchev–Trinajstić information content (AvgIpc) is 3.18. The van der Waals surface area contributed by atoms with E-state index in [4.69, 9.17) is 0 Å². The zero-order chi connectivity index (χ0) is 13.0. The van der Waals surface area contributed by atoms with E-state index in [1.807, 2.05) is 0 Å². The van der Waals surface area contributed by atoms with Crippen LogP contribution in [0.1, 0.15) is 32.1 Å². The van der Waals surface area contributed by atoms with Gasteiger partial charge in [0.2, 0.25) is 17.7 Å². The van der Waals surface area contributed by atoms with Crippen LogP contribution < -0.4 is 16.0 Å². The summed E-state index contributed by atoms with van der Waals surface area (Å²) in [7, 11) is 0.